The summed E-state index contributed by atoms with van der Waals surface area (Å²) in [6.07, 6.45) is -4.20. The predicted octanol–water partition coefficient (Wildman–Crippen LogP) is 4.26. The van der Waals surface area contributed by atoms with Gasteiger partial charge in [-0.2, -0.15) is 13.2 Å². The molecule has 2 aromatic rings. The molecule has 2 aliphatic heterocycles. The van der Waals surface area contributed by atoms with Crippen LogP contribution in [0.2, 0.25) is 0 Å². The molecule has 2 atom stereocenters. The third kappa shape index (κ3) is 5.15. The lowest BCUT2D eigenvalue weighted by atomic mass is 9.91. The van der Waals surface area contributed by atoms with Crippen molar-refractivity contribution in [3.63, 3.8) is 0 Å². The summed E-state index contributed by atoms with van der Waals surface area (Å²) in [6.45, 7) is 7.76. The first-order valence-electron chi connectivity index (χ1n) is 12.4. The molecule has 0 aliphatic carbocycles. The van der Waals surface area contributed by atoms with Crippen LogP contribution in [0.3, 0.4) is 0 Å². The fourth-order valence-electron chi connectivity index (χ4n) is 5.17. The number of nitrogens with zero attached hydrogens (tertiary/aromatic N) is 2. The van der Waals surface area contributed by atoms with Crippen LogP contribution < -0.4 is 15.6 Å². The summed E-state index contributed by atoms with van der Waals surface area (Å²) in [4.78, 5) is 38.3. The Morgan fingerprint density at radius 2 is 1.87 bits per heavy atom. The van der Waals surface area contributed by atoms with E-state index in [1.165, 1.54) is 0 Å². The molecule has 3 heterocycles. The minimum absolute atomic E-state index is 0.0636. The molecule has 1 amide bonds. The Labute approximate surface area is 221 Å². The van der Waals surface area contributed by atoms with Gasteiger partial charge in [0.25, 0.3) is 0 Å². The molecule has 39 heavy (non-hydrogen) atoms. The molecule has 13 heteroatoms. The molecule has 2 N–H and O–H groups in total. The van der Waals surface area contributed by atoms with E-state index in [-0.39, 0.29) is 30.2 Å². The topological polar surface area (TPSA) is 110 Å². The Morgan fingerprint density at radius 3 is 2.46 bits per heavy atom. The normalized spacial score (nSPS) is 21.8. The molecular weight excluding hydrogens is 526 g/mol. The van der Waals surface area contributed by atoms with E-state index in [0.29, 0.717) is 30.3 Å². The number of alkyl halides is 3. The molecule has 0 spiro atoms. The second-order valence-corrected chi connectivity index (χ2v) is 11.6. The van der Waals surface area contributed by atoms with Crippen molar-refractivity contribution in [2.75, 3.05) is 31.1 Å². The highest BCUT2D eigenvalue weighted by atomic mass is 19.4. The van der Waals surface area contributed by atoms with Crippen molar-refractivity contribution >= 4 is 28.7 Å². The number of carboxylic acids is 1. The number of carbonyl (C=O) groups excluding carboxylic acids is 1. The monoisotopic (exact) mass is 557 g/mol. The van der Waals surface area contributed by atoms with Crippen molar-refractivity contribution in [3.05, 3.63) is 39.9 Å². The molecule has 214 valence electrons. The number of hydrogen-bond acceptors (Lipinski definition) is 6. The highest BCUT2D eigenvalue weighted by Gasteiger charge is 2.52. The van der Waals surface area contributed by atoms with Crippen LogP contribution in [0.15, 0.2) is 23.1 Å². The number of alkyl carbamates (subject to hydrolysis) is 1. The van der Waals surface area contributed by atoms with E-state index in [0.717, 1.165) is 26.0 Å². The highest BCUT2D eigenvalue weighted by Crippen LogP contribution is 2.43. The summed E-state index contributed by atoms with van der Waals surface area (Å²) in [5.41, 5.74) is -6.53. The predicted molar refractivity (Wildman–Crippen MR) is 134 cm³/mol. The smallest absolute Gasteiger partial charge is 0.411 e. The number of aromatic carboxylic acids is 1. The van der Waals surface area contributed by atoms with Gasteiger partial charge in [0, 0.05) is 37.2 Å². The Morgan fingerprint density at radius 1 is 1.21 bits per heavy atom. The summed E-state index contributed by atoms with van der Waals surface area (Å²) < 4.78 is 69.5. The van der Waals surface area contributed by atoms with Gasteiger partial charge in [0.05, 0.1) is 17.7 Å². The fraction of sp³-hybridized carbons (Fsp3) is 0.577. The summed E-state index contributed by atoms with van der Waals surface area (Å²) in [5, 5.41) is 11.7. The third-order valence-electron chi connectivity index (χ3n) is 7.37. The lowest BCUT2D eigenvalue weighted by Gasteiger charge is -2.33. The number of aromatic nitrogens is 1. The van der Waals surface area contributed by atoms with Crippen LogP contribution in [0.4, 0.5) is 28.0 Å². The largest absolute Gasteiger partial charge is 0.477 e. The molecule has 4 rings (SSSR count). The number of carbonyl (C=O) groups is 2. The van der Waals surface area contributed by atoms with Crippen molar-refractivity contribution in [1.29, 1.82) is 0 Å². The van der Waals surface area contributed by atoms with Gasteiger partial charge in [-0.05, 0) is 53.2 Å². The van der Waals surface area contributed by atoms with Crippen LogP contribution >= 0.6 is 0 Å². The molecule has 1 aromatic carbocycles. The average molecular weight is 558 g/mol. The molecule has 1 aromatic heterocycles. The van der Waals surface area contributed by atoms with E-state index in [2.05, 4.69) is 5.32 Å². The molecule has 9 nitrogen and oxygen atoms in total. The number of nitrogens with one attached hydrogen (secondary N) is 1. The van der Waals surface area contributed by atoms with Gasteiger partial charge in [0.1, 0.15) is 28.1 Å². The van der Waals surface area contributed by atoms with Gasteiger partial charge in [0.15, 0.2) is 0 Å². The third-order valence-corrected chi connectivity index (χ3v) is 7.37. The van der Waals surface area contributed by atoms with Gasteiger partial charge in [-0.15, -0.1) is 0 Å². The van der Waals surface area contributed by atoms with E-state index >= 15 is 4.39 Å². The zero-order valence-corrected chi connectivity index (χ0v) is 22.2. The number of benzene rings is 1. The van der Waals surface area contributed by atoms with Crippen molar-refractivity contribution in [2.45, 2.75) is 64.0 Å². The maximum atomic E-state index is 15.5. The Bertz CT molecular complexity index is 1380. The van der Waals surface area contributed by atoms with Crippen molar-refractivity contribution in [2.24, 2.45) is 5.92 Å². The van der Waals surface area contributed by atoms with Gasteiger partial charge in [0.2, 0.25) is 5.43 Å². The van der Waals surface area contributed by atoms with E-state index in [4.69, 9.17) is 9.47 Å². The van der Waals surface area contributed by atoms with Crippen LogP contribution in [0.25, 0.3) is 10.9 Å². The number of pyridine rings is 1. The molecule has 0 bridgehead atoms. The number of anilines is 1. The Hall–Kier alpha value is -3.35. The lowest BCUT2D eigenvalue weighted by Crippen LogP contribution is -2.49. The Balaban J connectivity index is 1.76. The summed E-state index contributed by atoms with van der Waals surface area (Å²) in [6, 6.07) is 1.92. The standard InChI is InChI=1S/C26H31F4N3O6/c1-23(2,3)39-22(37)31-12-25-13-32(10-14(25)6-7-38-25)19-9-18-15(8-17(19)27)20(34)16(21(35)36)11-33(18)24(4,5)26(28,29)30/h8-9,11,14H,6-7,10,12-13H2,1-5H3,(H,31,37)(H,35,36). The minimum atomic E-state index is -4.82. The molecular formula is C26H31F4N3O6. The minimum Gasteiger partial charge on any atom is -0.477 e. The van der Waals surface area contributed by atoms with Gasteiger partial charge < -0.3 is 29.4 Å². The fourth-order valence-corrected chi connectivity index (χ4v) is 5.17. The van der Waals surface area contributed by atoms with Gasteiger partial charge in [-0.1, -0.05) is 0 Å². The van der Waals surface area contributed by atoms with Gasteiger partial charge >= 0.3 is 18.2 Å². The van der Waals surface area contributed by atoms with Gasteiger partial charge in [-0.3, -0.25) is 4.79 Å². The second-order valence-electron chi connectivity index (χ2n) is 11.6. The maximum absolute atomic E-state index is 15.5. The van der Waals surface area contributed by atoms with Crippen molar-refractivity contribution in [3.8, 4) is 0 Å². The number of halogens is 4. The molecule has 2 aliphatic rings. The number of fused-ring (bicyclic) bond motifs is 2. The zero-order chi connectivity index (χ0) is 29.1. The SMILES string of the molecule is CC(C)(C)OC(=O)NCC12CN(c3cc4c(cc3F)c(=O)c(C(=O)O)cn4C(C)(C)C(F)(F)F)CC1CCO2. The van der Waals surface area contributed by atoms with E-state index in [9.17, 15) is 32.7 Å². The first-order valence-corrected chi connectivity index (χ1v) is 12.4. The lowest BCUT2D eigenvalue weighted by molar-refractivity contribution is -0.201. The first kappa shape index (κ1) is 28.7. The molecule has 2 unspecified atom stereocenters. The summed E-state index contributed by atoms with van der Waals surface area (Å²) >= 11 is 0. The first-order chi connectivity index (χ1) is 17.9. The number of rotatable bonds is 5. The number of hydrogen-bond donors (Lipinski definition) is 2. The maximum Gasteiger partial charge on any atom is 0.411 e. The summed E-state index contributed by atoms with van der Waals surface area (Å²) in [5.74, 6) is -2.73. The summed E-state index contributed by atoms with van der Waals surface area (Å²) in [7, 11) is 0. The average Bonchev–Trinajstić information content (AvgIpc) is 3.33. The molecule has 2 saturated heterocycles. The van der Waals surface area contributed by atoms with Crippen LogP contribution in [0.1, 0.15) is 51.4 Å². The number of carboxylic acid groups (broad SMARTS) is 1. The number of amides is 1. The van der Waals surface area contributed by atoms with E-state index in [1.807, 2.05) is 0 Å². The molecule has 0 saturated carbocycles. The van der Waals surface area contributed by atoms with Crippen LogP contribution in [0, 0.1) is 11.7 Å². The van der Waals surface area contributed by atoms with E-state index < -0.39 is 57.2 Å². The van der Waals surface area contributed by atoms with E-state index in [1.54, 1.807) is 25.7 Å². The zero-order valence-electron chi connectivity index (χ0n) is 22.2. The van der Waals surface area contributed by atoms with Gasteiger partial charge in [-0.25, -0.2) is 14.0 Å². The van der Waals surface area contributed by atoms with Crippen molar-refractivity contribution in [1.82, 2.24) is 9.88 Å². The Kier molecular flexibility index (Phi) is 6.90. The van der Waals surface area contributed by atoms with Crippen LogP contribution in [0.5, 0.6) is 0 Å². The molecule has 2 fully saturated rings. The second kappa shape index (κ2) is 9.39. The number of ether oxygens (including phenoxy) is 2. The highest BCUT2D eigenvalue weighted by molar-refractivity contribution is 5.93. The quantitative estimate of drug-likeness (QED) is 0.529. The molecule has 0 radical (unpaired) electrons. The van der Waals surface area contributed by atoms with Crippen molar-refractivity contribution < 1.29 is 41.7 Å². The van der Waals surface area contributed by atoms with Crippen LogP contribution in [-0.4, -0.2) is 65.4 Å². The van der Waals surface area contributed by atoms with Crippen LogP contribution in [-0.2, 0) is 15.0 Å².